The van der Waals surface area contributed by atoms with E-state index >= 15 is 0 Å². The molecule has 0 aromatic carbocycles. The molecule has 2 atom stereocenters. The summed E-state index contributed by atoms with van der Waals surface area (Å²) >= 11 is 0. The second kappa shape index (κ2) is 6.97. The first kappa shape index (κ1) is 14.5. The Morgan fingerprint density at radius 1 is 1.53 bits per heavy atom. The highest BCUT2D eigenvalue weighted by molar-refractivity contribution is 5.76. The topological polar surface area (TPSA) is 58.4 Å². The van der Waals surface area contributed by atoms with Crippen molar-refractivity contribution in [2.75, 3.05) is 19.6 Å². The summed E-state index contributed by atoms with van der Waals surface area (Å²) in [5.41, 5.74) is 5.83. The van der Waals surface area contributed by atoms with Gasteiger partial charge in [-0.15, -0.1) is 0 Å². The molecule has 17 heavy (non-hydrogen) atoms. The van der Waals surface area contributed by atoms with Crippen molar-refractivity contribution in [1.82, 2.24) is 10.2 Å². The molecular formula is C13H27N3O. The molecule has 0 spiro atoms. The third-order valence-corrected chi connectivity index (χ3v) is 3.55. The fourth-order valence-electron chi connectivity index (χ4n) is 2.63. The molecule has 2 unspecified atom stereocenters. The van der Waals surface area contributed by atoms with E-state index in [0.29, 0.717) is 24.9 Å². The molecular weight excluding hydrogens is 214 g/mol. The molecule has 1 heterocycles. The van der Waals surface area contributed by atoms with Gasteiger partial charge in [-0.25, -0.2) is 0 Å². The van der Waals surface area contributed by atoms with Gasteiger partial charge in [-0.2, -0.15) is 0 Å². The van der Waals surface area contributed by atoms with Crippen LogP contribution in [0.4, 0.5) is 0 Å². The van der Waals surface area contributed by atoms with Gasteiger partial charge in [0, 0.05) is 31.6 Å². The molecule has 1 aliphatic heterocycles. The number of hydrogen-bond acceptors (Lipinski definition) is 3. The molecule has 1 saturated heterocycles. The van der Waals surface area contributed by atoms with Crippen LogP contribution < -0.4 is 11.1 Å². The summed E-state index contributed by atoms with van der Waals surface area (Å²) in [4.78, 5) is 14.0. The summed E-state index contributed by atoms with van der Waals surface area (Å²) in [6.45, 7) is 8.86. The monoisotopic (exact) mass is 241 g/mol. The van der Waals surface area contributed by atoms with E-state index in [1.165, 1.54) is 12.8 Å². The van der Waals surface area contributed by atoms with E-state index in [1.54, 1.807) is 0 Å². The van der Waals surface area contributed by atoms with E-state index in [-0.39, 0.29) is 11.9 Å². The SMILES string of the molecule is CC(C)NC(=O)CCN1CCCC(C)C1CN. The molecule has 0 aromatic rings. The van der Waals surface area contributed by atoms with Gasteiger partial charge in [-0.05, 0) is 39.2 Å². The fourth-order valence-corrected chi connectivity index (χ4v) is 2.63. The molecule has 4 heteroatoms. The highest BCUT2D eigenvalue weighted by Gasteiger charge is 2.27. The van der Waals surface area contributed by atoms with Gasteiger partial charge in [0.2, 0.25) is 5.91 Å². The first-order valence-corrected chi connectivity index (χ1v) is 6.78. The zero-order valence-electron chi connectivity index (χ0n) is 11.4. The maximum atomic E-state index is 11.6. The number of nitrogens with zero attached hydrogens (tertiary/aromatic N) is 1. The predicted octanol–water partition coefficient (Wildman–Crippen LogP) is 0.960. The minimum absolute atomic E-state index is 0.147. The van der Waals surface area contributed by atoms with Crippen molar-refractivity contribution in [3.63, 3.8) is 0 Å². The molecule has 0 aromatic heterocycles. The molecule has 100 valence electrons. The van der Waals surface area contributed by atoms with Crippen LogP contribution in [0.2, 0.25) is 0 Å². The molecule has 1 fully saturated rings. The molecule has 0 radical (unpaired) electrons. The molecule has 0 aliphatic carbocycles. The van der Waals surface area contributed by atoms with Crippen molar-refractivity contribution in [3.8, 4) is 0 Å². The van der Waals surface area contributed by atoms with Crippen molar-refractivity contribution >= 4 is 5.91 Å². The highest BCUT2D eigenvalue weighted by atomic mass is 16.1. The Hall–Kier alpha value is -0.610. The van der Waals surface area contributed by atoms with Crippen molar-refractivity contribution in [3.05, 3.63) is 0 Å². The van der Waals surface area contributed by atoms with Crippen LogP contribution >= 0.6 is 0 Å². The largest absolute Gasteiger partial charge is 0.354 e. The minimum Gasteiger partial charge on any atom is -0.354 e. The Balaban J connectivity index is 2.36. The Bertz CT molecular complexity index is 243. The maximum Gasteiger partial charge on any atom is 0.221 e. The van der Waals surface area contributed by atoms with Gasteiger partial charge in [-0.3, -0.25) is 9.69 Å². The van der Waals surface area contributed by atoms with Gasteiger partial charge < -0.3 is 11.1 Å². The first-order chi connectivity index (χ1) is 8.04. The van der Waals surface area contributed by atoms with Gasteiger partial charge in [0.25, 0.3) is 0 Å². The average molecular weight is 241 g/mol. The number of likely N-dealkylation sites (tertiary alicyclic amines) is 1. The van der Waals surface area contributed by atoms with Crippen LogP contribution in [0.25, 0.3) is 0 Å². The van der Waals surface area contributed by atoms with Crippen molar-refractivity contribution in [1.29, 1.82) is 0 Å². The van der Waals surface area contributed by atoms with E-state index in [4.69, 9.17) is 5.73 Å². The zero-order chi connectivity index (χ0) is 12.8. The minimum atomic E-state index is 0.147. The standard InChI is InChI=1S/C13H27N3O/c1-10(2)15-13(17)6-8-16-7-4-5-11(3)12(16)9-14/h10-12H,4-9,14H2,1-3H3,(H,15,17). The molecule has 1 amide bonds. The second-order valence-electron chi connectivity index (χ2n) is 5.43. The number of nitrogens with one attached hydrogen (secondary N) is 1. The third-order valence-electron chi connectivity index (χ3n) is 3.55. The highest BCUT2D eigenvalue weighted by Crippen LogP contribution is 2.22. The van der Waals surface area contributed by atoms with Crippen LogP contribution in [0.15, 0.2) is 0 Å². The van der Waals surface area contributed by atoms with Gasteiger partial charge in [0.15, 0.2) is 0 Å². The molecule has 0 saturated carbocycles. The molecule has 4 nitrogen and oxygen atoms in total. The van der Waals surface area contributed by atoms with Crippen molar-refractivity contribution < 1.29 is 4.79 Å². The number of carbonyl (C=O) groups excluding carboxylic acids is 1. The summed E-state index contributed by atoms with van der Waals surface area (Å²) < 4.78 is 0. The van der Waals surface area contributed by atoms with E-state index in [0.717, 1.165) is 13.1 Å². The molecule has 3 N–H and O–H groups in total. The summed E-state index contributed by atoms with van der Waals surface area (Å²) in [5, 5.41) is 2.93. The van der Waals surface area contributed by atoms with Gasteiger partial charge in [0.05, 0.1) is 0 Å². The first-order valence-electron chi connectivity index (χ1n) is 6.78. The van der Waals surface area contributed by atoms with Gasteiger partial charge >= 0.3 is 0 Å². The summed E-state index contributed by atoms with van der Waals surface area (Å²) in [5.74, 6) is 0.802. The summed E-state index contributed by atoms with van der Waals surface area (Å²) in [7, 11) is 0. The van der Waals surface area contributed by atoms with Crippen LogP contribution in [-0.4, -0.2) is 42.5 Å². The molecule has 1 aliphatic rings. The lowest BCUT2D eigenvalue weighted by Crippen LogP contribution is -2.49. The van der Waals surface area contributed by atoms with Crippen molar-refractivity contribution in [2.45, 2.75) is 52.1 Å². The summed E-state index contributed by atoms with van der Waals surface area (Å²) in [6, 6.07) is 0.684. The smallest absolute Gasteiger partial charge is 0.221 e. The fraction of sp³-hybridized carbons (Fsp3) is 0.923. The van der Waals surface area contributed by atoms with Crippen LogP contribution in [0.3, 0.4) is 0 Å². The zero-order valence-corrected chi connectivity index (χ0v) is 11.4. The normalized spacial score (nSPS) is 26.2. The van der Waals surface area contributed by atoms with Crippen molar-refractivity contribution in [2.24, 2.45) is 11.7 Å². The van der Waals surface area contributed by atoms with E-state index in [1.807, 2.05) is 13.8 Å². The lowest BCUT2D eigenvalue weighted by atomic mass is 9.90. The number of rotatable bonds is 5. The predicted molar refractivity (Wildman–Crippen MR) is 70.7 cm³/mol. The Morgan fingerprint density at radius 3 is 2.82 bits per heavy atom. The van der Waals surface area contributed by atoms with Gasteiger partial charge in [-0.1, -0.05) is 6.92 Å². The van der Waals surface area contributed by atoms with E-state index < -0.39 is 0 Å². The Kier molecular flexibility index (Phi) is 5.92. The van der Waals surface area contributed by atoms with Crippen LogP contribution in [0.5, 0.6) is 0 Å². The van der Waals surface area contributed by atoms with Gasteiger partial charge in [0.1, 0.15) is 0 Å². The number of carbonyl (C=O) groups is 1. The summed E-state index contributed by atoms with van der Waals surface area (Å²) in [6.07, 6.45) is 3.07. The average Bonchev–Trinajstić information content (AvgIpc) is 2.25. The van der Waals surface area contributed by atoms with Crippen LogP contribution in [-0.2, 0) is 4.79 Å². The maximum absolute atomic E-state index is 11.6. The Morgan fingerprint density at radius 2 is 2.24 bits per heavy atom. The third kappa shape index (κ3) is 4.64. The quantitative estimate of drug-likeness (QED) is 0.754. The number of amides is 1. The second-order valence-corrected chi connectivity index (χ2v) is 5.43. The molecule has 0 bridgehead atoms. The lowest BCUT2D eigenvalue weighted by Gasteiger charge is -2.39. The van der Waals surface area contributed by atoms with E-state index in [9.17, 15) is 4.79 Å². The molecule has 1 rings (SSSR count). The number of nitrogens with two attached hydrogens (primary N) is 1. The Labute approximate surface area is 105 Å². The lowest BCUT2D eigenvalue weighted by molar-refractivity contribution is -0.122. The number of hydrogen-bond donors (Lipinski definition) is 2. The van der Waals surface area contributed by atoms with E-state index in [2.05, 4.69) is 17.1 Å². The van der Waals surface area contributed by atoms with Crippen LogP contribution in [0, 0.1) is 5.92 Å². The number of piperidine rings is 1. The van der Waals surface area contributed by atoms with Crippen LogP contribution in [0.1, 0.15) is 40.0 Å².